The van der Waals surface area contributed by atoms with E-state index in [-0.39, 0.29) is 6.04 Å². The molecule has 1 aliphatic heterocycles. The van der Waals surface area contributed by atoms with Crippen molar-refractivity contribution >= 4 is 50.1 Å². The molecule has 0 saturated carbocycles. The first-order valence-electron chi connectivity index (χ1n) is 12.7. The monoisotopic (exact) mass is 581 g/mol. The maximum atomic E-state index is 13.5. The number of carbonyl (C=O) groups excluding carboxylic acids is 2. The van der Waals surface area contributed by atoms with E-state index in [9.17, 15) is 9.59 Å². The van der Waals surface area contributed by atoms with E-state index in [1.54, 1.807) is 22.2 Å². The van der Waals surface area contributed by atoms with Crippen LogP contribution in [0.4, 0.5) is 15.4 Å². The van der Waals surface area contributed by atoms with Gasteiger partial charge in [-0.2, -0.15) is 0 Å². The number of pyridine rings is 3. The summed E-state index contributed by atoms with van der Waals surface area (Å²) in [5, 5.41) is 1.84. The first-order valence-corrected chi connectivity index (χ1v) is 13.9. The third-order valence-electron chi connectivity index (χ3n) is 6.06. The van der Waals surface area contributed by atoms with Crippen LogP contribution in [0, 0.1) is 6.92 Å². The van der Waals surface area contributed by atoms with E-state index in [1.165, 1.54) is 16.9 Å². The van der Waals surface area contributed by atoms with Gasteiger partial charge in [-0.3, -0.25) is 0 Å². The molecule has 1 unspecified atom stereocenters. The van der Waals surface area contributed by atoms with E-state index >= 15 is 0 Å². The number of anilines is 1. The zero-order chi connectivity index (χ0) is 27.8. The van der Waals surface area contributed by atoms with Crippen LogP contribution in [0.1, 0.15) is 53.5 Å². The van der Waals surface area contributed by atoms with Crippen LogP contribution in [0.2, 0.25) is 0 Å². The fourth-order valence-electron chi connectivity index (χ4n) is 4.35. The fraction of sp³-hybridized carbons (Fsp3) is 0.464. The number of hydrogen-bond acceptors (Lipinski definition) is 7. The molecule has 4 rings (SSSR count). The summed E-state index contributed by atoms with van der Waals surface area (Å²) in [7, 11) is 0. The van der Waals surface area contributed by atoms with Crippen molar-refractivity contribution in [1.29, 1.82) is 0 Å². The summed E-state index contributed by atoms with van der Waals surface area (Å²) in [5.74, 6) is 0.467. The van der Waals surface area contributed by atoms with Crippen LogP contribution in [0.15, 0.2) is 36.8 Å². The summed E-state index contributed by atoms with van der Waals surface area (Å²) >= 11 is 1.40. The third kappa shape index (κ3) is 6.44. The number of hydrogen-bond donors (Lipinski definition) is 0. The summed E-state index contributed by atoms with van der Waals surface area (Å²) in [6.45, 7) is 13.8. The molecule has 1 aliphatic rings. The molecule has 0 aromatic carbocycles. The Morgan fingerprint density at radius 2 is 1.79 bits per heavy atom. The molecule has 2 atom stereocenters. The van der Waals surface area contributed by atoms with Crippen molar-refractivity contribution in [2.75, 3.05) is 18.0 Å². The molecule has 1 saturated heterocycles. The van der Waals surface area contributed by atoms with Gasteiger partial charge in [0.25, 0.3) is 0 Å². The number of likely N-dealkylation sites (tertiary alicyclic amines) is 1. The Morgan fingerprint density at radius 3 is 2.45 bits per heavy atom. The molecule has 0 N–H and O–H groups in total. The van der Waals surface area contributed by atoms with E-state index in [0.29, 0.717) is 25.3 Å². The van der Waals surface area contributed by atoms with Gasteiger partial charge in [-0.05, 0) is 20.8 Å². The van der Waals surface area contributed by atoms with Crippen molar-refractivity contribution in [3.8, 4) is 11.3 Å². The van der Waals surface area contributed by atoms with Crippen LogP contribution in [-0.2, 0) is 9.47 Å². The van der Waals surface area contributed by atoms with Crippen molar-refractivity contribution in [3.63, 3.8) is 0 Å². The SMILES string of the molecule is Cc1ccncc1-c1cc2cc(N(C(=O)OC(C)(C)C)[C@H]3CCN(C(=O)OC(C)(C)C)C3)ncc2c([AsH2])n1. The van der Waals surface area contributed by atoms with Gasteiger partial charge in [-0.1, -0.05) is 0 Å². The van der Waals surface area contributed by atoms with Crippen molar-refractivity contribution < 1.29 is 19.1 Å². The van der Waals surface area contributed by atoms with Crippen LogP contribution in [0.5, 0.6) is 0 Å². The van der Waals surface area contributed by atoms with Crippen molar-refractivity contribution in [1.82, 2.24) is 19.9 Å². The summed E-state index contributed by atoms with van der Waals surface area (Å²) < 4.78 is 12.2. The maximum absolute atomic E-state index is 13.5. The van der Waals surface area contributed by atoms with E-state index in [0.717, 1.165) is 32.1 Å². The van der Waals surface area contributed by atoms with E-state index < -0.39 is 23.4 Å². The van der Waals surface area contributed by atoms with Gasteiger partial charge < -0.3 is 0 Å². The molecule has 9 nitrogen and oxygen atoms in total. The standard InChI is InChI=1S/C28H36AsN5O4/c1-17-8-10-30-14-20(17)22-12-18-13-23(31-15-21(18)24(29)32-22)34(26(36)38-28(5,6)7)19-9-11-33(16-19)25(35)37-27(2,3)4/h8,10,12-15,19H,9,11,16,29H2,1-7H3/t19-/m0/s1. The number of amides is 2. The molecule has 3 aromatic rings. The third-order valence-corrected chi connectivity index (χ3v) is 6.99. The molecule has 0 bridgehead atoms. The number of aryl methyl sites for hydroxylation is 1. The zero-order valence-corrected chi connectivity index (χ0v) is 25.5. The normalized spacial score (nSPS) is 16.0. The van der Waals surface area contributed by atoms with Crippen LogP contribution < -0.4 is 9.38 Å². The summed E-state index contributed by atoms with van der Waals surface area (Å²) in [4.78, 5) is 43.2. The average molecular weight is 582 g/mol. The second kappa shape index (κ2) is 10.5. The molecule has 1 fully saturated rings. The zero-order valence-electron chi connectivity index (χ0n) is 23.1. The van der Waals surface area contributed by atoms with Gasteiger partial charge in [0.05, 0.1) is 0 Å². The molecule has 10 heteroatoms. The fourth-order valence-corrected chi connectivity index (χ4v) is 5.15. The van der Waals surface area contributed by atoms with Crippen molar-refractivity contribution in [3.05, 3.63) is 42.4 Å². The topological polar surface area (TPSA) is 97.8 Å². The molecule has 4 heterocycles. The van der Waals surface area contributed by atoms with Gasteiger partial charge in [0.1, 0.15) is 0 Å². The minimum atomic E-state index is -0.691. The van der Waals surface area contributed by atoms with Gasteiger partial charge in [-0.15, -0.1) is 0 Å². The molecule has 38 heavy (non-hydrogen) atoms. The Hall–Kier alpha value is -3.19. The molecule has 0 aliphatic carbocycles. The molecule has 202 valence electrons. The van der Waals surface area contributed by atoms with E-state index in [4.69, 9.17) is 14.5 Å². The van der Waals surface area contributed by atoms with Crippen molar-refractivity contribution in [2.45, 2.75) is 72.1 Å². The van der Waals surface area contributed by atoms with Crippen LogP contribution in [0.25, 0.3) is 22.0 Å². The number of aromatic nitrogens is 3. The number of carbonyl (C=O) groups is 2. The van der Waals surface area contributed by atoms with Gasteiger partial charge in [0.2, 0.25) is 0 Å². The predicted octanol–water partition coefficient (Wildman–Crippen LogP) is 4.01. The number of nitrogens with zero attached hydrogens (tertiary/aromatic N) is 5. The van der Waals surface area contributed by atoms with Gasteiger partial charge in [0.15, 0.2) is 0 Å². The predicted molar refractivity (Wildman–Crippen MR) is 151 cm³/mol. The van der Waals surface area contributed by atoms with Gasteiger partial charge in [0, 0.05) is 0 Å². The average Bonchev–Trinajstić information content (AvgIpc) is 3.27. The minimum absolute atomic E-state index is 0.311. The number of rotatable bonds is 3. The molecular formula is C28H36AsN5O4. The number of ether oxygens (including phenoxy) is 2. The molecule has 0 spiro atoms. The summed E-state index contributed by atoms with van der Waals surface area (Å²) in [6.07, 6.45) is 5.02. The van der Waals surface area contributed by atoms with E-state index in [2.05, 4.69) is 9.97 Å². The molecule has 2 amide bonds. The first kappa shape index (κ1) is 27.8. The second-order valence-electron chi connectivity index (χ2n) is 11.6. The van der Waals surface area contributed by atoms with Gasteiger partial charge >= 0.3 is 212 Å². The Balaban J connectivity index is 1.72. The Bertz CT molecular complexity index is 1370. The Morgan fingerprint density at radius 1 is 1.08 bits per heavy atom. The second-order valence-corrected chi connectivity index (χ2v) is 12.7. The Kier molecular flexibility index (Phi) is 7.71. The summed E-state index contributed by atoms with van der Waals surface area (Å²) in [5.41, 5.74) is 1.57. The summed E-state index contributed by atoms with van der Waals surface area (Å²) in [6, 6.07) is 5.55. The molecule has 3 aromatic heterocycles. The van der Waals surface area contributed by atoms with Crippen LogP contribution in [-0.4, -0.2) is 79.2 Å². The van der Waals surface area contributed by atoms with E-state index in [1.807, 2.05) is 72.9 Å². The van der Waals surface area contributed by atoms with Crippen LogP contribution >= 0.6 is 0 Å². The van der Waals surface area contributed by atoms with Crippen molar-refractivity contribution in [2.24, 2.45) is 0 Å². The molecule has 0 radical (unpaired) electrons. The number of fused-ring (bicyclic) bond motifs is 1. The quantitative estimate of drug-likeness (QED) is 0.431. The van der Waals surface area contributed by atoms with Gasteiger partial charge in [-0.25, -0.2) is 0 Å². The van der Waals surface area contributed by atoms with Crippen LogP contribution in [0.3, 0.4) is 0 Å². The first-order chi connectivity index (χ1) is 17.7. The molecular weight excluding hydrogens is 545 g/mol. The Labute approximate surface area is 232 Å².